The average Bonchev–Trinajstić information content (AvgIpc) is 2.45. The normalized spacial score (nSPS) is 24.5. The largest absolute Gasteiger partial charge is 0.390 e. The third-order valence-corrected chi connectivity index (χ3v) is 4.68. The van der Waals surface area contributed by atoms with Gasteiger partial charge in [-0.25, -0.2) is 4.98 Å². The summed E-state index contributed by atoms with van der Waals surface area (Å²) in [5.74, 6) is 0.313. The van der Waals surface area contributed by atoms with Crippen LogP contribution in [0.15, 0.2) is 6.20 Å². The first-order valence-corrected chi connectivity index (χ1v) is 8.56. The van der Waals surface area contributed by atoms with E-state index in [1.54, 1.807) is 0 Å². The number of rotatable bonds is 6. The molecule has 1 saturated carbocycles. The molecule has 0 spiro atoms. The molecule has 1 amide bonds. The molecule has 1 fully saturated rings. The van der Waals surface area contributed by atoms with E-state index in [2.05, 4.69) is 41.4 Å². The highest BCUT2D eigenvalue weighted by molar-refractivity contribution is 5.97. The van der Waals surface area contributed by atoms with E-state index >= 15 is 0 Å². The van der Waals surface area contributed by atoms with E-state index < -0.39 is 11.5 Å². The standard InChI is InChI=1S/C17H29N5O2/c1-5-16(2,3)22-15-19-10-12(13(18)23)14(21-15)20-11-7-6-8-17(4,24)9-11/h10-11,24H,5-9H2,1-4H3,(H2,18,23)(H2,19,20,21,22)/t11-,17?/m1/s1. The van der Waals surface area contributed by atoms with Crippen LogP contribution in [-0.4, -0.2) is 38.2 Å². The lowest BCUT2D eigenvalue weighted by Crippen LogP contribution is -2.38. The van der Waals surface area contributed by atoms with Crippen molar-refractivity contribution in [1.29, 1.82) is 0 Å². The first-order valence-electron chi connectivity index (χ1n) is 8.56. The van der Waals surface area contributed by atoms with Gasteiger partial charge in [0.2, 0.25) is 5.95 Å². The molecule has 1 heterocycles. The Balaban J connectivity index is 2.23. The van der Waals surface area contributed by atoms with Gasteiger partial charge in [0.25, 0.3) is 5.91 Å². The minimum Gasteiger partial charge on any atom is -0.390 e. The number of hydrogen-bond acceptors (Lipinski definition) is 6. The van der Waals surface area contributed by atoms with Crippen LogP contribution in [0.5, 0.6) is 0 Å². The van der Waals surface area contributed by atoms with E-state index in [1.807, 2.05) is 6.92 Å². The van der Waals surface area contributed by atoms with Crippen molar-refractivity contribution in [2.75, 3.05) is 10.6 Å². The van der Waals surface area contributed by atoms with Crippen LogP contribution in [0.2, 0.25) is 0 Å². The lowest BCUT2D eigenvalue weighted by Gasteiger charge is -2.34. The maximum absolute atomic E-state index is 11.7. The topological polar surface area (TPSA) is 113 Å². The smallest absolute Gasteiger partial charge is 0.254 e. The maximum atomic E-state index is 11.7. The Morgan fingerprint density at radius 3 is 2.83 bits per heavy atom. The third kappa shape index (κ3) is 4.80. The second-order valence-electron chi connectivity index (χ2n) is 7.62. The molecule has 1 unspecified atom stereocenters. The van der Waals surface area contributed by atoms with Crippen LogP contribution in [0, 0.1) is 0 Å². The molecule has 1 aromatic rings. The fourth-order valence-corrected chi connectivity index (χ4v) is 2.90. The summed E-state index contributed by atoms with van der Waals surface area (Å²) >= 11 is 0. The number of hydrogen-bond donors (Lipinski definition) is 4. The summed E-state index contributed by atoms with van der Waals surface area (Å²) in [5.41, 5.74) is 4.87. The summed E-state index contributed by atoms with van der Waals surface area (Å²) in [6, 6.07) is 0.0498. The monoisotopic (exact) mass is 335 g/mol. The minimum atomic E-state index is -0.693. The number of carbonyl (C=O) groups excluding carboxylic acids is 1. The van der Waals surface area contributed by atoms with E-state index in [1.165, 1.54) is 6.20 Å². The first-order chi connectivity index (χ1) is 11.1. The average molecular weight is 335 g/mol. The molecule has 0 aromatic carbocycles. The third-order valence-electron chi connectivity index (χ3n) is 4.68. The number of amides is 1. The van der Waals surface area contributed by atoms with Crippen molar-refractivity contribution < 1.29 is 9.90 Å². The SMILES string of the molecule is CCC(C)(C)Nc1ncc(C(N)=O)c(N[C@@H]2CCCC(C)(O)C2)n1. The zero-order chi connectivity index (χ0) is 18.0. The molecule has 134 valence electrons. The highest BCUT2D eigenvalue weighted by atomic mass is 16.3. The van der Waals surface area contributed by atoms with Gasteiger partial charge >= 0.3 is 0 Å². The van der Waals surface area contributed by atoms with Crippen LogP contribution < -0.4 is 16.4 Å². The van der Waals surface area contributed by atoms with Crippen molar-refractivity contribution in [1.82, 2.24) is 9.97 Å². The molecular formula is C17H29N5O2. The molecule has 1 aliphatic carbocycles. The Labute approximate surface area is 143 Å². The Morgan fingerprint density at radius 1 is 1.54 bits per heavy atom. The quantitative estimate of drug-likeness (QED) is 0.634. The Morgan fingerprint density at radius 2 is 2.25 bits per heavy atom. The fourth-order valence-electron chi connectivity index (χ4n) is 2.90. The summed E-state index contributed by atoms with van der Waals surface area (Å²) in [7, 11) is 0. The molecule has 0 bridgehead atoms. The van der Waals surface area contributed by atoms with Gasteiger partial charge < -0.3 is 21.5 Å². The fraction of sp³-hybridized carbons (Fsp3) is 0.706. The molecular weight excluding hydrogens is 306 g/mol. The van der Waals surface area contributed by atoms with Gasteiger partial charge in [0, 0.05) is 17.8 Å². The Hall–Kier alpha value is -1.89. The molecule has 5 N–H and O–H groups in total. The van der Waals surface area contributed by atoms with Gasteiger partial charge in [0.15, 0.2) is 0 Å². The predicted octanol–water partition coefficient (Wildman–Crippen LogP) is 2.28. The Kier molecular flexibility index (Phi) is 5.32. The molecule has 7 heteroatoms. The summed E-state index contributed by atoms with van der Waals surface area (Å²) in [6.07, 6.45) is 5.60. The van der Waals surface area contributed by atoms with Gasteiger partial charge in [-0.15, -0.1) is 0 Å². The van der Waals surface area contributed by atoms with E-state index in [4.69, 9.17) is 5.73 Å². The Bertz CT molecular complexity index is 601. The number of nitrogens with zero attached hydrogens (tertiary/aromatic N) is 2. The molecule has 0 radical (unpaired) electrons. The number of aliphatic hydroxyl groups is 1. The van der Waals surface area contributed by atoms with Crippen LogP contribution >= 0.6 is 0 Å². The van der Waals surface area contributed by atoms with Crippen LogP contribution in [0.25, 0.3) is 0 Å². The predicted molar refractivity (Wildman–Crippen MR) is 95.0 cm³/mol. The van der Waals surface area contributed by atoms with Gasteiger partial charge in [-0.05, 0) is 52.9 Å². The zero-order valence-corrected chi connectivity index (χ0v) is 15.0. The van der Waals surface area contributed by atoms with Crippen molar-refractivity contribution in [2.45, 2.75) is 77.0 Å². The van der Waals surface area contributed by atoms with Gasteiger partial charge in [0.1, 0.15) is 5.82 Å². The van der Waals surface area contributed by atoms with Crippen LogP contribution in [0.4, 0.5) is 11.8 Å². The number of anilines is 2. The van der Waals surface area contributed by atoms with Crippen molar-refractivity contribution in [2.24, 2.45) is 5.73 Å². The van der Waals surface area contributed by atoms with Crippen LogP contribution in [-0.2, 0) is 0 Å². The lowest BCUT2D eigenvalue weighted by molar-refractivity contribution is 0.0182. The lowest BCUT2D eigenvalue weighted by atomic mass is 9.83. The van der Waals surface area contributed by atoms with E-state index in [0.717, 1.165) is 25.7 Å². The van der Waals surface area contributed by atoms with Crippen LogP contribution in [0.3, 0.4) is 0 Å². The van der Waals surface area contributed by atoms with Gasteiger partial charge in [-0.3, -0.25) is 4.79 Å². The molecule has 7 nitrogen and oxygen atoms in total. The van der Waals surface area contributed by atoms with Gasteiger partial charge in [-0.2, -0.15) is 4.98 Å². The second-order valence-corrected chi connectivity index (χ2v) is 7.62. The van der Waals surface area contributed by atoms with Crippen molar-refractivity contribution in [3.63, 3.8) is 0 Å². The summed E-state index contributed by atoms with van der Waals surface area (Å²) < 4.78 is 0. The molecule has 24 heavy (non-hydrogen) atoms. The van der Waals surface area contributed by atoms with E-state index in [-0.39, 0.29) is 17.1 Å². The van der Waals surface area contributed by atoms with Gasteiger partial charge in [-0.1, -0.05) is 6.92 Å². The number of nitrogens with two attached hydrogens (primary N) is 1. The molecule has 1 aromatic heterocycles. The van der Waals surface area contributed by atoms with Crippen molar-refractivity contribution in [3.8, 4) is 0 Å². The highest BCUT2D eigenvalue weighted by Crippen LogP contribution is 2.30. The maximum Gasteiger partial charge on any atom is 0.254 e. The summed E-state index contributed by atoms with van der Waals surface area (Å²) in [6.45, 7) is 8.04. The van der Waals surface area contributed by atoms with Crippen molar-refractivity contribution in [3.05, 3.63) is 11.8 Å². The summed E-state index contributed by atoms with van der Waals surface area (Å²) in [4.78, 5) is 20.3. The van der Waals surface area contributed by atoms with Gasteiger partial charge in [0.05, 0.1) is 11.2 Å². The van der Waals surface area contributed by atoms with Crippen molar-refractivity contribution >= 4 is 17.7 Å². The van der Waals surface area contributed by atoms with E-state index in [9.17, 15) is 9.90 Å². The molecule has 0 saturated heterocycles. The number of aromatic nitrogens is 2. The minimum absolute atomic E-state index is 0.0498. The first kappa shape index (κ1) is 18.4. The van der Waals surface area contributed by atoms with E-state index in [0.29, 0.717) is 18.2 Å². The highest BCUT2D eigenvalue weighted by Gasteiger charge is 2.30. The molecule has 0 aliphatic heterocycles. The molecule has 1 aliphatic rings. The second kappa shape index (κ2) is 6.93. The molecule has 2 rings (SSSR count). The molecule has 2 atom stereocenters. The zero-order valence-electron chi connectivity index (χ0n) is 15.0. The van der Waals surface area contributed by atoms with Crippen LogP contribution in [0.1, 0.15) is 70.2 Å². The number of primary amides is 1. The summed E-state index contributed by atoms with van der Waals surface area (Å²) in [5, 5.41) is 16.8. The number of nitrogens with one attached hydrogen (secondary N) is 2. The number of carbonyl (C=O) groups is 1.